The maximum absolute atomic E-state index is 13.5. The van der Waals surface area contributed by atoms with Gasteiger partial charge in [-0.3, -0.25) is 4.79 Å². The molecule has 0 saturated carbocycles. The summed E-state index contributed by atoms with van der Waals surface area (Å²) >= 11 is 0. The maximum atomic E-state index is 13.5. The highest BCUT2D eigenvalue weighted by molar-refractivity contribution is 7.89. The van der Waals surface area contributed by atoms with Gasteiger partial charge >= 0.3 is 0 Å². The van der Waals surface area contributed by atoms with Crippen LogP contribution in [-0.2, 0) is 27.7 Å². The first kappa shape index (κ1) is 24.8. The number of Topliss-reactive ketones (excluding diaryl/α,β-unsaturated/α-hetero) is 1. The van der Waals surface area contributed by atoms with Crippen LogP contribution >= 0.6 is 0 Å². The van der Waals surface area contributed by atoms with Crippen LogP contribution < -0.4 is 0 Å². The van der Waals surface area contributed by atoms with Crippen molar-refractivity contribution >= 4 is 28.0 Å². The number of hydrogen-bond acceptors (Lipinski definition) is 3. The second-order valence-corrected chi connectivity index (χ2v) is 10.9. The molecule has 1 heterocycles. The molecule has 5 heteroatoms. The normalized spacial score (nSPS) is 17.3. The Morgan fingerprint density at radius 3 is 1.54 bits per heavy atom. The van der Waals surface area contributed by atoms with E-state index in [1.165, 1.54) is 15.4 Å². The van der Waals surface area contributed by atoms with Crippen molar-refractivity contribution in [2.24, 2.45) is 0 Å². The molecule has 3 aromatic carbocycles. The highest BCUT2D eigenvalue weighted by Gasteiger charge is 2.34. The van der Waals surface area contributed by atoms with Crippen LogP contribution in [0, 0.1) is 6.92 Å². The van der Waals surface area contributed by atoms with Gasteiger partial charge in [-0.15, -0.1) is 0 Å². The lowest BCUT2D eigenvalue weighted by Gasteiger charge is -2.29. The van der Waals surface area contributed by atoms with Gasteiger partial charge in [0.2, 0.25) is 10.0 Å². The molecule has 0 unspecified atom stereocenters. The van der Waals surface area contributed by atoms with Gasteiger partial charge in [-0.1, -0.05) is 80.1 Å². The lowest BCUT2D eigenvalue weighted by Crippen LogP contribution is -2.41. The first-order valence-corrected chi connectivity index (χ1v) is 13.4. The second kappa shape index (κ2) is 10.5. The molecule has 4 nitrogen and oxygen atoms in total. The van der Waals surface area contributed by atoms with Gasteiger partial charge in [0.25, 0.3) is 0 Å². The lowest BCUT2D eigenvalue weighted by molar-refractivity contribution is -0.113. The van der Waals surface area contributed by atoms with Crippen molar-refractivity contribution in [3.63, 3.8) is 0 Å². The van der Waals surface area contributed by atoms with Crippen LogP contribution in [0.25, 0.3) is 12.2 Å². The second-order valence-electron chi connectivity index (χ2n) is 8.94. The fourth-order valence-electron chi connectivity index (χ4n) is 4.14. The standard InChI is InChI=1S/C30H31NO3S/c1-4-23-8-12-25(13-9-23)18-27-20-31(35(33,34)29-16-6-22(3)7-17-29)21-28(30(27)32)19-26-14-10-24(5-2)11-15-26/h6-19H,4-5,20-21H2,1-3H3/b27-18-,28-19+. The van der Waals surface area contributed by atoms with Crippen molar-refractivity contribution in [1.29, 1.82) is 0 Å². The van der Waals surface area contributed by atoms with Crippen LogP contribution in [0.3, 0.4) is 0 Å². The number of benzene rings is 3. The Kier molecular flexibility index (Phi) is 7.48. The molecule has 0 radical (unpaired) electrons. The molecule has 4 rings (SSSR count). The van der Waals surface area contributed by atoms with Crippen LogP contribution in [0.2, 0.25) is 0 Å². The number of piperidine rings is 1. The zero-order valence-electron chi connectivity index (χ0n) is 20.5. The first-order chi connectivity index (χ1) is 16.8. The van der Waals surface area contributed by atoms with Gasteiger partial charge in [0.15, 0.2) is 5.78 Å². The SMILES string of the molecule is CCc1ccc(/C=C2/CN(S(=O)(=O)c3ccc(C)cc3)C/C(=C\c3ccc(CC)cc3)C2=O)cc1. The summed E-state index contributed by atoms with van der Waals surface area (Å²) in [6.07, 6.45) is 5.49. The molecule has 0 spiro atoms. The predicted molar refractivity (Wildman–Crippen MR) is 143 cm³/mol. The van der Waals surface area contributed by atoms with E-state index in [-0.39, 0.29) is 23.8 Å². The molecule has 0 atom stereocenters. The van der Waals surface area contributed by atoms with Crippen molar-refractivity contribution in [3.8, 4) is 0 Å². The summed E-state index contributed by atoms with van der Waals surface area (Å²) in [5.74, 6) is -0.112. The summed E-state index contributed by atoms with van der Waals surface area (Å²) in [6.45, 7) is 6.19. The highest BCUT2D eigenvalue weighted by Crippen LogP contribution is 2.27. The quantitative estimate of drug-likeness (QED) is 0.411. The fourth-order valence-corrected chi connectivity index (χ4v) is 5.54. The first-order valence-electron chi connectivity index (χ1n) is 12.0. The van der Waals surface area contributed by atoms with E-state index in [0.717, 1.165) is 29.5 Å². The molecule has 3 aromatic rings. The Labute approximate surface area is 208 Å². The molecule has 180 valence electrons. The average Bonchev–Trinajstić information content (AvgIpc) is 2.87. The Morgan fingerprint density at radius 2 is 1.14 bits per heavy atom. The zero-order chi connectivity index (χ0) is 25.0. The summed E-state index contributed by atoms with van der Waals surface area (Å²) in [7, 11) is -3.77. The van der Waals surface area contributed by atoms with E-state index in [1.807, 2.05) is 67.6 Å². The van der Waals surface area contributed by atoms with Crippen LogP contribution in [0.1, 0.15) is 41.7 Å². The van der Waals surface area contributed by atoms with Gasteiger partial charge in [-0.05, 0) is 66.3 Å². The van der Waals surface area contributed by atoms with Crippen molar-refractivity contribution < 1.29 is 13.2 Å². The Bertz CT molecular complexity index is 1300. The average molecular weight is 486 g/mol. The molecule has 1 fully saturated rings. The number of sulfonamides is 1. The molecule has 0 aromatic heterocycles. The van der Waals surface area contributed by atoms with Gasteiger partial charge in [0, 0.05) is 24.2 Å². The highest BCUT2D eigenvalue weighted by atomic mass is 32.2. The van der Waals surface area contributed by atoms with E-state index in [2.05, 4.69) is 13.8 Å². The van der Waals surface area contributed by atoms with Crippen LogP contribution in [0.15, 0.2) is 88.8 Å². The number of carbonyl (C=O) groups is 1. The molecule has 1 aliphatic heterocycles. The largest absolute Gasteiger partial charge is 0.289 e. The van der Waals surface area contributed by atoms with Gasteiger partial charge in [-0.2, -0.15) is 4.31 Å². The van der Waals surface area contributed by atoms with Crippen LogP contribution in [-0.4, -0.2) is 31.6 Å². The lowest BCUT2D eigenvalue weighted by atomic mass is 9.95. The summed E-state index contributed by atoms with van der Waals surface area (Å²) in [6, 6.07) is 22.9. The monoisotopic (exact) mass is 485 g/mol. The van der Waals surface area contributed by atoms with Crippen molar-refractivity contribution in [2.45, 2.75) is 38.5 Å². The Hall–Kier alpha value is -3.28. The predicted octanol–water partition coefficient (Wildman–Crippen LogP) is 5.86. The van der Waals surface area contributed by atoms with Crippen molar-refractivity contribution in [3.05, 3.63) is 112 Å². The van der Waals surface area contributed by atoms with Gasteiger partial charge < -0.3 is 0 Å². The molecule has 1 aliphatic rings. The summed E-state index contributed by atoms with van der Waals surface area (Å²) < 4.78 is 28.5. The zero-order valence-corrected chi connectivity index (χ0v) is 21.3. The molecule has 0 amide bonds. The fraction of sp³-hybridized carbons (Fsp3) is 0.233. The minimum absolute atomic E-state index is 0.0384. The van der Waals surface area contributed by atoms with E-state index in [1.54, 1.807) is 24.3 Å². The third kappa shape index (κ3) is 5.69. The van der Waals surface area contributed by atoms with Crippen molar-refractivity contribution in [1.82, 2.24) is 4.31 Å². The topological polar surface area (TPSA) is 54.5 Å². The maximum Gasteiger partial charge on any atom is 0.243 e. The molecule has 35 heavy (non-hydrogen) atoms. The van der Waals surface area contributed by atoms with Crippen LogP contribution in [0.4, 0.5) is 0 Å². The van der Waals surface area contributed by atoms with Crippen LogP contribution in [0.5, 0.6) is 0 Å². The smallest absolute Gasteiger partial charge is 0.243 e. The number of rotatable bonds is 6. The van der Waals surface area contributed by atoms with E-state index >= 15 is 0 Å². The molecule has 0 N–H and O–H groups in total. The summed E-state index contributed by atoms with van der Waals surface area (Å²) in [5.41, 5.74) is 6.10. The Balaban J connectivity index is 1.75. The number of nitrogens with zero attached hydrogens (tertiary/aromatic N) is 1. The molecule has 1 saturated heterocycles. The third-order valence-corrected chi connectivity index (χ3v) is 8.20. The number of aryl methyl sites for hydroxylation is 3. The number of carbonyl (C=O) groups excluding carboxylic acids is 1. The summed E-state index contributed by atoms with van der Waals surface area (Å²) in [5, 5.41) is 0. The molecular weight excluding hydrogens is 454 g/mol. The molecule has 0 bridgehead atoms. The minimum Gasteiger partial charge on any atom is -0.289 e. The summed E-state index contributed by atoms with van der Waals surface area (Å²) in [4.78, 5) is 13.7. The van der Waals surface area contributed by atoms with Gasteiger partial charge in [-0.25, -0.2) is 8.42 Å². The van der Waals surface area contributed by atoms with Gasteiger partial charge in [0.1, 0.15) is 0 Å². The van der Waals surface area contributed by atoms with Gasteiger partial charge in [0.05, 0.1) is 4.90 Å². The number of ketones is 1. The van der Waals surface area contributed by atoms with E-state index < -0.39 is 10.0 Å². The Morgan fingerprint density at radius 1 is 0.714 bits per heavy atom. The number of hydrogen-bond donors (Lipinski definition) is 0. The van der Waals surface area contributed by atoms with Crippen molar-refractivity contribution in [2.75, 3.05) is 13.1 Å². The molecule has 0 aliphatic carbocycles. The van der Waals surface area contributed by atoms with E-state index in [9.17, 15) is 13.2 Å². The minimum atomic E-state index is -3.77. The van der Waals surface area contributed by atoms with E-state index in [0.29, 0.717) is 11.1 Å². The third-order valence-electron chi connectivity index (χ3n) is 6.39. The molecular formula is C30H31NO3S. The van der Waals surface area contributed by atoms with E-state index in [4.69, 9.17) is 0 Å².